The predicted octanol–water partition coefficient (Wildman–Crippen LogP) is 2.27. The highest BCUT2D eigenvalue weighted by Gasteiger charge is 2.19. The van der Waals surface area contributed by atoms with Gasteiger partial charge in [0.25, 0.3) is 0 Å². The molecule has 0 atom stereocenters. The lowest BCUT2D eigenvalue weighted by atomic mass is 9.95. The van der Waals surface area contributed by atoms with Gasteiger partial charge >= 0.3 is 0 Å². The molecule has 2 aromatic rings. The normalized spacial score (nSPS) is 15.4. The highest BCUT2D eigenvalue weighted by Crippen LogP contribution is 2.29. The highest BCUT2D eigenvalue weighted by molar-refractivity contribution is 5.64. The van der Waals surface area contributed by atoms with Crippen molar-refractivity contribution >= 4 is 0 Å². The predicted molar refractivity (Wildman–Crippen MR) is 67.5 cm³/mol. The molecule has 3 nitrogen and oxygen atoms in total. The summed E-state index contributed by atoms with van der Waals surface area (Å²) in [7, 11) is 2.01. The molecule has 18 heavy (non-hydrogen) atoms. The maximum atomic E-state index is 14.5. The van der Waals surface area contributed by atoms with Crippen molar-refractivity contribution in [2.75, 3.05) is 13.6 Å². The van der Waals surface area contributed by atoms with E-state index in [2.05, 4.69) is 14.9 Å². The number of halogens is 1. The average molecular weight is 243 g/mol. The van der Waals surface area contributed by atoms with Gasteiger partial charge in [-0.05, 0) is 19.0 Å². The van der Waals surface area contributed by atoms with Gasteiger partial charge in [-0.2, -0.15) is 0 Å². The van der Waals surface area contributed by atoms with Crippen molar-refractivity contribution < 1.29 is 4.39 Å². The zero-order chi connectivity index (χ0) is 12.5. The average Bonchev–Trinajstić information content (AvgIpc) is 2.41. The van der Waals surface area contributed by atoms with E-state index in [0.717, 1.165) is 29.7 Å². The van der Waals surface area contributed by atoms with Gasteiger partial charge in [0.05, 0.1) is 0 Å². The first-order valence-corrected chi connectivity index (χ1v) is 6.00. The summed E-state index contributed by atoms with van der Waals surface area (Å²) in [5, 5.41) is 0. The molecule has 1 aliphatic heterocycles. The largest absolute Gasteiger partial charge is 0.302 e. The van der Waals surface area contributed by atoms with E-state index < -0.39 is 0 Å². The second kappa shape index (κ2) is 4.46. The van der Waals surface area contributed by atoms with E-state index in [4.69, 9.17) is 0 Å². The minimum Gasteiger partial charge on any atom is -0.302 e. The first kappa shape index (κ1) is 11.3. The van der Waals surface area contributed by atoms with Gasteiger partial charge in [-0.25, -0.2) is 14.4 Å². The maximum Gasteiger partial charge on any atom is 0.135 e. The number of likely N-dealkylation sites (N-methyl/N-ethyl adjacent to an activating group) is 1. The number of benzene rings is 1. The number of hydrogen-bond donors (Lipinski definition) is 0. The van der Waals surface area contributed by atoms with E-state index in [9.17, 15) is 4.39 Å². The molecule has 1 aliphatic rings. The first-order valence-electron chi connectivity index (χ1n) is 6.00. The molecule has 0 saturated heterocycles. The van der Waals surface area contributed by atoms with Crippen molar-refractivity contribution in [2.45, 2.75) is 13.0 Å². The maximum absolute atomic E-state index is 14.5. The number of hydrogen-bond acceptors (Lipinski definition) is 3. The molecule has 1 aromatic heterocycles. The Morgan fingerprint density at radius 1 is 1.22 bits per heavy atom. The van der Waals surface area contributed by atoms with Gasteiger partial charge in [-0.1, -0.05) is 12.1 Å². The van der Waals surface area contributed by atoms with E-state index >= 15 is 0 Å². The molecule has 2 heterocycles. The Kier molecular flexibility index (Phi) is 2.80. The summed E-state index contributed by atoms with van der Waals surface area (Å²) in [5.74, 6) is -0.131. The SMILES string of the molecule is CN1CCc2ccc(-c3cncnc3)c(F)c2C1. The summed E-state index contributed by atoms with van der Waals surface area (Å²) in [4.78, 5) is 10.0. The highest BCUT2D eigenvalue weighted by atomic mass is 19.1. The van der Waals surface area contributed by atoms with Crippen LogP contribution in [0, 0.1) is 5.82 Å². The van der Waals surface area contributed by atoms with Crippen LogP contribution in [0.1, 0.15) is 11.1 Å². The fourth-order valence-corrected chi connectivity index (χ4v) is 2.39. The molecule has 0 radical (unpaired) electrons. The van der Waals surface area contributed by atoms with Crippen LogP contribution in [0.25, 0.3) is 11.1 Å². The van der Waals surface area contributed by atoms with E-state index in [-0.39, 0.29) is 5.82 Å². The topological polar surface area (TPSA) is 29.0 Å². The molecule has 1 aromatic carbocycles. The van der Waals surface area contributed by atoms with E-state index in [1.54, 1.807) is 12.4 Å². The van der Waals surface area contributed by atoms with Crippen LogP contribution in [-0.2, 0) is 13.0 Å². The molecular formula is C14H14FN3. The molecule has 92 valence electrons. The lowest BCUT2D eigenvalue weighted by Gasteiger charge is -2.26. The molecule has 0 unspecified atom stereocenters. The zero-order valence-electron chi connectivity index (χ0n) is 10.2. The lowest BCUT2D eigenvalue weighted by Crippen LogP contribution is -2.27. The van der Waals surface area contributed by atoms with E-state index in [0.29, 0.717) is 12.1 Å². The number of fused-ring (bicyclic) bond motifs is 1. The molecule has 0 saturated carbocycles. The smallest absolute Gasteiger partial charge is 0.135 e. The second-order valence-electron chi connectivity index (χ2n) is 4.68. The minimum absolute atomic E-state index is 0.131. The summed E-state index contributed by atoms with van der Waals surface area (Å²) in [5.41, 5.74) is 3.24. The third kappa shape index (κ3) is 1.88. The van der Waals surface area contributed by atoms with Crippen LogP contribution in [0.15, 0.2) is 30.9 Å². The van der Waals surface area contributed by atoms with Crippen molar-refractivity contribution in [3.05, 3.63) is 47.8 Å². The fourth-order valence-electron chi connectivity index (χ4n) is 2.39. The Labute approximate surface area is 105 Å². The molecular weight excluding hydrogens is 229 g/mol. The van der Waals surface area contributed by atoms with Crippen LogP contribution in [0.3, 0.4) is 0 Å². The van der Waals surface area contributed by atoms with Crippen molar-refractivity contribution in [1.29, 1.82) is 0 Å². The Morgan fingerprint density at radius 3 is 2.78 bits per heavy atom. The monoisotopic (exact) mass is 243 g/mol. The van der Waals surface area contributed by atoms with Gasteiger partial charge in [-0.3, -0.25) is 0 Å². The third-order valence-corrected chi connectivity index (χ3v) is 3.40. The molecule has 0 fully saturated rings. The summed E-state index contributed by atoms with van der Waals surface area (Å²) in [6, 6.07) is 3.85. The molecule has 0 bridgehead atoms. The summed E-state index contributed by atoms with van der Waals surface area (Å²) in [6.07, 6.45) is 5.65. The van der Waals surface area contributed by atoms with Crippen molar-refractivity contribution in [3.8, 4) is 11.1 Å². The lowest BCUT2D eigenvalue weighted by molar-refractivity contribution is 0.306. The molecule has 3 rings (SSSR count). The number of nitrogens with zero attached hydrogens (tertiary/aromatic N) is 3. The Morgan fingerprint density at radius 2 is 2.00 bits per heavy atom. The van der Waals surface area contributed by atoms with Crippen LogP contribution < -0.4 is 0 Å². The van der Waals surface area contributed by atoms with Gasteiger partial charge in [0, 0.05) is 42.2 Å². The Bertz CT molecular complexity index is 569. The van der Waals surface area contributed by atoms with Crippen LogP contribution in [0.2, 0.25) is 0 Å². The Balaban J connectivity index is 2.11. The number of aromatic nitrogens is 2. The Hall–Kier alpha value is -1.81. The summed E-state index contributed by atoms with van der Waals surface area (Å²) < 4.78 is 14.5. The van der Waals surface area contributed by atoms with Gasteiger partial charge in [0.15, 0.2) is 0 Å². The zero-order valence-corrected chi connectivity index (χ0v) is 10.2. The molecule has 0 N–H and O–H groups in total. The van der Waals surface area contributed by atoms with Crippen molar-refractivity contribution in [2.24, 2.45) is 0 Å². The molecule has 4 heteroatoms. The van der Waals surface area contributed by atoms with Gasteiger partial charge in [-0.15, -0.1) is 0 Å². The van der Waals surface area contributed by atoms with Gasteiger partial charge in [0.1, 0.15) is 12.1 Å². The van der Waals surface area contributed by atoms with Crippen molar-refractivity contribution in [1.82, 2.24) is 14.9 Å². The quantitative estimate of drug-likeness (QED) is 0.769. The molecule has 0 spiro atoms. The van der Waals surface area contributed by atoms with E-state index in [1.807, 2.05) is 19.2 Å². The van der Waals surface area contributed by atoms with Gasteiger partial charge < -0.3 is 4.90 Å². The van der Waals surface area contributed by atoms with Crippen LogP contribution in [0.5, 0.6) is 0 Å². The van der Waals surface area contributed by atoms with E-state index in [1.165, 1.54) is 6.33 Å². The summed E-state index contributed by atoms with van der Waals surface area (Å²) in [6.45, 7) is 1.66. The fraction of sp³-hybridized carbons (Fsp3) is 0.286. The van der Waals surface area contributed by atoms with Gasteiger partial charge in [0.2, 0.25) is 0 Å². The first-order chi connectivity index (χ1) is 8.75. The second-order valence-corrected chi connectivity index (χ2v) is 4.68. The summed E-state index contributed by atoms with van der Waals surface area (Å²) >= 11 is 0. The van der Waals surface area contributed by atoms with Crippen molar-refractivity contribution in [3.63, 3.8) is 0 Å². The van der Waals surface area contributed by atoms with Crippen LogP contribution in [0.4, 0.5) is 4.39 Å². The van der Waals surface area contributed by atoms with Crippen LogP contribution in [-0.4, -0.2) is 28.5 Å². The minimum atomic E-state index is -0.131. The van der Waals surface area contributed by atoms with Crippen LogP contribution >= 0.6 is 0 Å². The standard InChI is InChI=1S/C14H14FN3/c1-18-5-4-10-2-3-12(14(15)13(10)8-18)11-6-16-9-17-7-11/h2-3,6-7,9H,4-5,8H2,1H3. The molecule has 0 amide bonds. The number of rotatable bonds is 1. The molecule has 0 aliphatic carbocycles. The third-order valence-electron chi connectivity index (χ3n) is 3.40.